The van der Waals surface area contributed by atoms with Crippen LogP contribution in [-0.2, 0) is 13.5 Å². The van der Waals surface area contributed by atoms with Gasteiger partial charge in [-0.1, -0.05) is 12.1 Å². The highest BCUT2D eigenvalue weighted by molar-refractivity contribution is 6.10. The summed E-state index contributed by atoms with van der Waals surface area (Å²) in [6.07, 6.45) is 8.46. The molecule has 2 bridgehead atoms. The van der Waals surface area contributed by atoms with Crippen molar-refractivity contribution < 1.29 is 18.7 Å². The summed E-state index contributed by atoms with van der Waals surface area (Å²) in [6.45, 7) is 4.57. The number of hydrogen-bond acceptors (Lipinski definition) is 8. The van der Waals surface area contributed by atoms with Crippen LogP contribution >= 0.6 is 0 Å². The van der Waals surface area contributed by atoms with Crippen LogP contribution in [0.1, 0.15) is 54.7 Å². The molecular weight excluding hydrogens is 635 g/mol. The van der Waals surface area contributed by atoms with Gasteiger partial charge in [0.15, 0.2) is 11.5 Å². The van der Waals surface area contributed by atoms with E-state index in [0.29, 0.717) is 40.8 Å². The van der Waals surface area contributed by atoms with E-state index in [-0.39, 0.29) is 41.3 Å². The monoisotopic (exact) mass is 678 g/mol. The number of benzene rings is 1. The van der Waals surface area contributed by atoms with Gasteiger partial charge in [0.1, 0.15) is 23.1 Å². The molecule has 1 aromatic carbocycles. The van der Waals surface area contributed by atoms with Crippen LogP contribution in [0.15, 0.2) is 36.7 Å². The standard InChI is InChI=1S/C38H43FN8O3/c1-20(28-12-7-13-45(28)4)50-37-24-16-29(26-19-46(5)43-33(26)38(48)44(2)3)47(34-22-15-27(34)40-17-22)35(24)25-18-41-31(30(39)32(25)42-37)23-11-6-9-21-10-8-14-49-36(21)23/h6,9,11,16,18-20,22,27-28,34,40H,7-8,10,12-15,17H2,1-5H3/t20-,22+,27+,28?,34-/m0/s1. The van der Waals surface area contributed by atoms with Gasteiger partial charge in [-0.25, -0.2) is 9.37 Å². The average molecular weight is 679 g/mol. The Morgan fingerprint density at radius 1 is 1.18 bits per heavy atom. The predicted molar refractivity (Wildman–Crippen MR) is 189 cm³/mol. The van der Waals surface area contributed by atoms with Crippen LogP contribution in [0.25, 0.3) is 44.3 Å². The normalized spacial score (nSPS) is 23.6. The zero-order chi connectivity index (χ0) is 34.4. The molecule has 3 saturated heterocycles. The Kier molecular flexibility index (Phi) is 7.40. The molecule has 8 heterocycles. The number of hydrogen-bond donors (Lipinski definition) is 1. The first-order valence-corrected chi connectivity index (χ1v) is 17.8. The third-order valence-electron chi connectivity index (χ3n) is 11.4. The summed E-state index contributed by atoms with van der Waals surface area (Å²) >= 11 is 0. The Hall–Kier alpha value is -4.55. The van der Waals surface area contributed by atoms with E-state index >= 15 is 4.39 Å². The number of aromatic nitrogens is 5. The summed E-state index contributed by atoms with van der Waals surface area (Å²) in [4.78, 5) is 27.2. The Labute approximate surface area is 290 Å². The molecule has 5 atom stereocenters. The van der Waals surface area contributed by atoms with Crippen molar-refractivity contribution in [2.75, 3.05) is 40.8 Å². The number of para-hydroxylation sites is 1. The molecule has 5 aliphatic rings. The van der Waals surface area contributed by atoms with Crippen LogP contribution in [0.3, 0.4) is 0 Å². The Bertz CT molecular complexity index is 2160. The smallest absolute Gasteiger partial charge is 0.274 e. The van der Waals surface area contributed by atoms with E-state index in [4.69, 9.17) is 19.4 Å². The summed E-state index contributed by atoms with van der Waals surface area (Å²) in [5.74, 6) is 0.776. The lowest BCUT2D eigenvalue weighted by Gasteiger charge is -2.37. The number of nitrogens with zero attached hydrogens (tertiary/aromatic N) is 7. The molecule has 4 aromatic heterocycles. The number of fused-ring (bicyclic) bond motifs is 5. The topological polar surface area (TPSA) is 103 Å². The number of rotatable bonds is 7. The van der Waals surface area contributed by atoms with Gasteiger partial charge >= 0.3 is 0 Å². The van der Waals surface area contributed by atoms with Crippen LogP contribution in [0.5, 0.6) is 11.6 Å². The molecule has 1 aliphatic carbocycles. The van der Waals surface area contributed by atoms with E-state index in [1.807, 2.05) is 31.4 Å². The van der Waals surface area contributed by atoms with Crippen molar-refractivity contribution in [2.45, 2.75) is 63.3 Å². The number of nitrogens with one attached hydrogen (secondary N) is 1. The van der Waals surface area contributed by atoms with Crippen molar-refractivity contribution in [3.05, 3.63) is 53.7 Å². The first-order valence-electron chi connectivity index (χ1n) is 17.8. The fourth-order valence-corrected chi connectivity index (χ4v) is 8.92. The summed E-state index contributed by atoms with van der Waals surface area (Å²) in [7, 11) is 7.42. The number of aryl methyl sites for hydroxylation is 2. The van der Waals surface area contributed by atoms with Crippen molar-refractivity contribution in [1.29, 1.82) is 0 Å². The summed E-state index contributed by atoms with van der Waals surface area (Å²) in [5, 5.41) is 9.67. The van der Waals surface area contributed by atoms with Crippen molar-refractivity contribution in [1.82, 2.24) is 39.4 Å². The molecule has 0 radical (unpaired) electrons. The molecule has 50 heavy (non-hydrogen) atoms. The number of ether oxygens (including phenoxy) is 2. The molecule has 0 spiro atoms. The van der Waals surface area contributed by atoms with E-state index in [1.165, 1.54) is 0 Å². The lowest BCUT2D eigenvalue weighted by atomic mass is 9.79. The van der Waals surface area contributed by atoms with Gasteiger partial charge in [0.25, 0.3) is 5.91 Å². The fourth-order valence-electron chi connectivity index (χ4n) is 8.92. The summed E-state index contributed by atoms with van der Waals surface area (Å²) in [6, 6.07) is 8.48. The maximum atomic E-state index is 17.2. The largest absolute Gasteiger partial charge is 0.493 e. The quantitative estimate of drug-likeness (QED) is 0.250. The predicted octanol–water partition coefficient (Wildman–Crippen LogP) is 5.21. The number of halogens is 1. The van der Waals surface area contributed by atoms with Crippen LogP contribution in [0, 0.1) is 11.7 Å². The van der Waals surface area contributed by atoms with E-state index in [1.54, 1.807) is 29.9 Å². The molecule has 260 valence electrons. The second-order valence-electron chi connectivity index (χ2n) is 14.8. The van der Waals surface area contributed by atoms with Crippen molar-refractivity contribution >= 4 is 27.7 Å². The van der Waals surface area contributed by atoms with E-state index in [9.17, 15) is 4.79 Å². The van der Waals surface area contributed by atoms with Crippen LogP contribution < -0.4 is 14.8 Å². The van der Waals surface area contributed by atoms with E-state index < -0.39 is 5.82 Å². The molecule has 11 nitrogen and oxygen atoms in total. The third-order valence-corrected chi connectivity index (χ3v) is 11.4. The van der Waals surface area contributed by atoms with Crippen molar-refractivity contribution in [2.24, 2.45) is 13.0 Å². The average Bonchev–Trinajstić information content (AvgIpc) is 3.94. The highest BCUT2D eigenvalue weighted by atomic mass is 19.1. The maximum Gasteiger partial charge on any atom is 0.274 e. The van der Waals surface area contributed by atoms with Gasteiger partial charge in [0, 0.05) is 68.7 Å². The zero-order valence-corrected chi connectivity index (χ0v) is 29.2. The van der Waals surface area contributed by atoms with E-state index in [2.05, 4.69) is 39.9 Å². The van der Waals surface area contributed by atoms with Gasteiger partial charge < -0.3 is 24.3 Å². The van der Waals surface area contributed by atoms with Gasteiger partial charge in [-0.3, -0.25) is 19.4 Å². The Morgan fingerprint density at radius 3 is 2.78 bits per heavy atom. The molecule has 10 rings (SSSR count). The maximum absolute atomic E-state index is 17.2. The van der Waals surface area contributed by atoms with Gasteiger partial charge in [0.05, 0.1) is 29.2 Å². The lowest BCUT2D eigenvalue weighted by Crippen LogP contribution is -2.39. The van der Waals surface area contributed by atoms with Crippen LogP contribution in [0.4, 0.5) is 4.39 Å². The SMILES string of the molecule is C[C@H](Oc1nc2c(F)c(-c3cccc4c3OCCC4)ncc2c2c1cc(-c1cn(C)nc1C(=O)N(C)C)n2[C@H]1[C@H]2CN[C@@H]1C2)C1CCCN1C. The highest BCUT2D eigenvalue weighted by Gasteiger charge is 2.49. The molecular formula is C38H43FN8O3. The number of carbonyl (C=O) groups excluding carboxylic acids is 1. The molecule has 1 saturated carbocycles. The molecule has 1 amide bonds. The number of likely N-dealkylation sites (N-methyl/N-ethyl adjacent to an activating group) is 1. The molecule has 5 aromatic rings. The molecule has 1 unspecified atom stereocenters. The van der Waals surface area contributed by atoms with Gasteiger partial charge in [-0.15, -0.1) is 0 Å². The van der Waals surface area contributed by atoms with Crippen LogP contribution in [0.2, 0.25) is 0 Å². The summed E-state index contributed by atoms with van der Waals surface area (Å²) in [5.41, 5.74) is 4.84. The molecule has 1 N–H and O–H groups in total. The molecule has 4 fully saturated rings. The minimum atomic E-state index is -0.503. The minimum absolute atomic E-state index is 0.0964. The highest BCUT2D eigenvalue weighted by Crippen LogP contribution is 2.51. The molecule has 4 aliphatic heterocycles. The lowest BCUT2D eigenvalue weighted by molar-refractivity contribution is 0.0821. The number of carbonyl (C=O) groups is 1. The fraction of sp³-hybridized carbons (Fsp3) is 0.474. The second-order valence-corrected chi connectivity index (χ2v) is 14.8. The number of pyridine rings is 2. The van der Waals surface area contributed by atoms with Crippen molar-refractivity contribution in [3.63, 3.8) is 0 Å². The second kappa shape index (κ2) is 11.8. The first kappa shape index (κ1) is 31.4. The third kappa shape index (κ3) is 4.75. The Balaban J connectivity index is 1.32. The summed E-state index contributed by atoms with van der Waals surface area (Å²) < 4.78 is 34.1. The number of likely N-dealkylation sites (tertiary alicyclic amines) is 1. The molecule has 12 heteroatoms. The van der Waals surface area contributed by atoms with Gasteiger partial charge in [-0.05, 0) is 76.2 Å². The van der Waals surface area contributed by atoms with Crippen molar-refractivity contribution in [3.8, 4) is 34.1 Å². The van der Waals surface area contributed by atoms with E-state index in [0.717, 1.165) is 72.9 Å². The number of amides is 1. The van der Waals surface area contributed by atoms with Gasteiger partial charge in [0.2, 0.25) is 5.88 Å². The van der Waals surface area contributed by atoms with Crippen LogP contribution in [-0.4, -0.2) is 99.0 Å². The zero-order valence-electron chi connectivity index (χ0n) is 29.2. The minimum Gasteiger partial charge on any atom is -0.493 e. The van der Waals surface area contributed by atoms with Gasteiger partial charge in [-0.2, -0.15) is 5.10 Å². The Morgan fingerprint density at radius 2 is 2.04 bits per heavy atom. The first-order chi connectivity index (χ1) is 24.2.